The van der Waals surface area contributed by atoms with Gasteiger partial charge in [0.25, 0.3) is 0 Å². The van der Waals surface area contributed by atoms with Crippen LogP contribution in [0.25, 0.3) is 0 Å². The standard InChI is InChI=1S/C13H17N5OS/c1-18(2)7-5-12-16-17-13(20-12)15-11(19)8-10-4-3-6-14-9-10/h3-4,6,9H,5,7-8H2,1-2H3,(H,15,17,19). The van der Waals surface area contributed by atoms with Crippen LogP contribution in [-0.2, 0) is 17.6 Å². The van der Waals surface area contributed by atoms with E-state index in [0.29, 0.717) is 11.6 Å². The first-order chi connectivity index (χ1) is 9.63. The Morgan fingerprint density at radius 1 is 1.40 bits per heavy atom. The van der Waals surface area contributed by atoms with Crippen molar-refractivity contribution in [2.24, 2.45) is 0 Å². The van der Waals surface area contributed by atoms with Crippen LogP contribution >= 0.6 is 11.3 Å². The summed E-state index contributed by atoms with van der Waals surface area (Å²) in [6, 6.07) is 3.68. The van der Waals surface area contributed by atoms with Crippen LogP contribution in [0.5, 0.6) is 0 Å². The smallest absolute Gasteiger partial charge is 0.230 e. The molecule has 2 rings (SSSR count). The molecule has 1 amide bonds. The minimum absolute atomic E-state index is 0.103. The van der Waals surface area contributed by atoms with Crippen LogP contribution in [0, 0.1) is 0 Å². The molecule has 6 nitrogen and oxygen atoms in total. The molecule has 0 saturated heterocycles. The number of nitrogens with one attached hydrogen (secondary N) is 1. The van der Waals surface area contributed by atoms with Crippen LogP contribution in [0.15, 0.2) is 24.5 Å². The predicted octanol–water partition coefficient (Wildman–Crippen LogP) is 1.22. The third kappa shape index (κ3) is 4.67. The van der Waals surface area contributed by atoms with Gasteiger partial charge in [0.15, 0.2) is 0 Å². The lowest BCUT2D eigenvalue weighted by Gasteiger charge is -2.05. The Kier molecular flexibility index (Phi) is 5.14. The summed E-state index contributed by atoms with van der Waals surface area (Å²) >= 11 is 1.42. The van der Waals surface area contributed by atoms with Gasteiger partial charge in [0.1, 0.15) is 5.01 Å². The van der Waals surface area contributed by atoms with Crippen molar-refractivity contribution >= 4 is 22.4 Å². The van der Waals surface area contributed by atoms with E-state index in [1.165, 1.54) is 11.3 Å². The van der Waals surface area contributed by atoms with Crippen molar-refractivity contribution < 1.29 is 4.79 Å². The summed E-state index contributed by atoms with van der Waals surface area (Å²) in [6.07, 6.45) is 4.50. The van der Waals surface area contributed by atoms with Gasteiger partial charge in [-0.3, -0.25) is 9.78 Å². The van der Waals surface area contributed by atoms with Crippen molar-refractivity contribution in [2.75, 3.05) is 26.0 Å². The number of pyridine rings is 1. The molecule has 0 fully saturated rings. The Hall–Kier alpha value is -1.86. The van der Waals surface area contributed by atoms with Gasteiger partial charge < -0.3 is 10.2 Å². The molecule has 2 aromatic heterocycles. The number of amides is 1. The summed E-state index contributed by atoms with van der Waals surface area (Å²) in [5.41, 5.74) is 0.877. The number of carbonyl (C=O) groups is 1. The molecule has 0 unspecified atom stereocenters. The summed E-state index contributed by atoms with van der Waals surface area (Å²) < 4.78 is 0. The van der Waals surface area contributed by atoms with Crippen LogP contribution < -0.4 is 5.32 Å². The highest BCUT2D eigenvalue weighted by atomic mass is 32.1. The molecule has 0 aliphatic carbocycles. The molecular weight excluding hydrogens is 274 g/mol. The lowest BCUT2D eigenvalue weighted by Crippen LogP contribution is -2.14. The zero-order valence-electron chi connectivity index (χ0n) is 11.5. The molecule has 0 atom stereocenters. The zero-order valence-corrected chi connectivity index (χ0v) is 12.4. The van der Waals surface area contributed by atoms with Crippen molar-refractivity contribution in [3.8, 4) is 0 Å². The predicted molar refractivity (Wildman–Crippen MR) is 78.7 cm³/mol. The first-order valence-electron chi connectivity index (χ1n) is 6.29. The van der Waals surface area contributed by atoms with Gasteiger partial charge in [-0.25, -0.2) is 0 Å². The Morgan fingerprint density at radius 3 is 2.95 bits per heavy atom. The Bertz CT molecular complexity index is 555. The monoisotopic (exact) mass is 291 g/mol. The topological polar surface area (TPSA) is 71.0 Å². The lowest BCUT2D eigenvalue weighted by molar-refractivity contribution is -0.115. The van der Waals surface area contributed by atoms with Crippen molar-refractivity contribution in [2.45, 2.75) is 12.8 Å². The molecular formula is C13H17N5OS. The molecule has 106 valence electrons. The number of aromatic nitrogens is 3. The minimum atomic E-state index is -0.103. The molecule has 0 bridgehead atoms. The van der Waals surface area contributed by atoms with Crippen molar-refractivity contribution in [3.63, 3.8) is 0 Å². The first kappa shape index (κ1) is 14.5. The third-order valence-electron chi connectivity index (χ3n) is 2.57. The fourth-order valence-electron chi connectivity index (χ4n) is 1.58. The Balaban J connectivity index is 1.85. The molecule has 0 spiro atoms. The van der Waals surface area contributed by atoms with Gasteiger partial charge in [-0.1, -0.05) is 17.4 Å². The molecule has 0 radical (unpaired) electrons. The average Bonchev–Trinajstić information content (AvgIpc) is 2.85. The summed E-state index contributed by atoms with van der Waals surface area (Å²) in [5, 5.41) is 12.3. The number of anilines is 1. The van der Waals surface area contributed by atoms with Gasteiger partial charge in [-0.2, -0.15) is 0 Å². The van der Waals surface area contributed by atoms with Gasteiger partial charge in [0, 0.05) is 25.4 Å². The van der Waals surface area contributed by atoms with E-state index in [4.69, 9.17) is 0 Å². The maximum Gasteiger partial charge on any atom is 0.230 e. The molecule has 0 saturated carbocycles. The molecule has 0 aromatic carbocycles. The van der Waals surface area contributed by atoms with Gasteiger partial charge in [0.05, 0.1) is 6.42 Å². The van der Waals surface area contributed by atoms with E-state index in [1.807, 2.05) is 26.2 Å². The number of nitrogens with zero attached hydrogens (tertiary/aromatic N) is 4. The average molecular weight is 291 g/mol. The fraction of sp³-hybridized carbons (Fsp3) is 0.385. The zero-order chi connectivity index (χ0) is 14.4. The normalized spacial score (nSPS) is 10.8. The molecule has 2 aromatic rings. The number of likely N-dealkylation sites (N-methyl/N-ethyl adjacent to an activating group) is 1. The molecule has 1 N–H and O–H groups in total. The summed E-state index contributed by atoms with van der Waals surface area (Å²) in [5.74, 6) is -0.103. The largest absolute Gasteiger partial charge is 0.309 e. The highest BCUT2D eigenvalue weighted by Gasteiger charge is 2.09. The second kappa shape index (κ2) is 7.06. The summed E-state index contributed by atoms with van der Waals surface area (Å²) in [4.78, 5) is 17.9. The van der Waals surface area contributed by atoms with Crippen molar-refractivity contribution in [1.29, 1.82) is 0 Å². The number of carbonyl (C=O) groups excluding carboxylic acids is 1. The van der Waals surface area contributed by atoms with E-state index >= 15 is 0 Å². The van der Waals surface area contributed by atoms with E-state index in [1.54, 1.807) is 12.4 Å². The maximum absolute atomic E-state index is 11.8. The Labute approximate surface area is 121 Å². The highest BCUT2D eigenvalue weighted by molar-refractivity contribution is 7.15. The van der Waals surface area contributed by atoms with E-state index in [9.17, 15) is 4.79 Å². The quantitative estimate of drug-likeness (QED) is 0.866. The molecule has 7 heteroatoms. The van der Waals surface area contributed by atoms with E-state index in [2.05, 4.69) is 25.4 Å². The van der Waals surface area contributed by atoms with Gasteiger partial charge in [0.2, 0.25) is 11.0 Å². The van der Waals surface area contributed by atoms with Crippen LogP contribution in [-0.4, -0.2) is 46.6 Å². The maximum atomic E-state index is 11.8. The van der Waals surface area contributed by atoms with E-state index in [-0.39, 0.29) is 5.91 Å². The van der Waals surface area contributed by atoms with Crippen LogP contribution in [0.4, 0.5) is 5.13 Å². The fourth-order valence-corrected chi connectivity index (χ4v) is 2.32. The lowest BCUT2D eigenvalue weighted by atomic mass is 10.2. The van der Waals surface area contributed by atoms with E-state index in [0.717, 1.165) is 23.5 Å². The van der Waals surface area contributed by atoms with Gasteiger partial charge >= 0.3 is 0 Å². The second-order valence-corrected chi connectivity index (χ2v) is 5.70. The van der Waals surface area contributed by atoms with Crippen LogP contribution in [0.3, 0.4) is 0 Å². The molecule has 2 heterocycles. The first-order valence-corrected chi connectivity index (χ1v) is 7.11. The van der Waals surface area contributed by atoms with E-state index < -0.39 is 0 Å². The molecule has 0 aliphatic rings. The minimum Gasteiger partial charge on any atom is -0.309 e. The molecule has 20 heavy (non-hydrogen) atoms. The summed E-state index contributed by atoms with van der Waals surface area (Å²) in [7, 11) is 4.02. The highest BCUT2D eigenvalue weighted by Crippen LogP contribution is 2.16. The van der Waals surface area contributed by atoms with Gasteiger partial charge in [-0.05, 0) is 25.7 Å². The number of rotatable bonds is 6. The molecule has 0 aliphatic heterocycles. The van der Waals surface area contributed by atoms with Crippen molar-refractivity contribution in [1.82, 2.24) is 20.1 Å². The Morgan fingerprint density at radius 2 is 2.25 bits per heavy atom. The van der Waals surface area contributed by atoms with Crippen LogP contribution in [0.2, 0.25) is 0 Å². The van der Waals surface area contributed by atoms with Crippen molar-refractivity contribution in [3.05, 3.63) is 35.1 Å². The second-order valence-electron chi connectivity index (χ2n) is 4.64. The number of hydrogen-bond donors (Lipinski definition) is 1. The van der Waals surface area contributed by atoms with Crippen LogP contribution in [0.1, 0.15) is 10.6 Å². The van der Waals surface area contributed by atoms with Gasteiger partial charge in [-0.15, -0.1) is 10.2 Å². The third-order valence-corrected chi connectivity index (χ3v) is 3.47. The number of hydrogen-bond acceptors (Lipinski definition) is 6. The summed E-state index contributed by atoms with van der Waals surface area (Å²) in [6.45, 7) is 0.915. The SMILES string of the molecule is CN(C)CCc1nnc(NC(=O)Cc2cccnc2)s1.